The van der Waals surface area contributed by atoms with Gasteiger partial charge < -0.3 is 19.9 Å². The van der Waals surface area contributed by atoms with Crippen LogP contribution in [-0.4, -0.2) is 41.3 Å². The first kappa shape index (κ1) is 17.4. The predicted molar refractivity (Wildman–Crippen MR) is 95.2 cm³/mol. The monoisotopic (exact) mass is 347 g/mol. The molecule has 2 N–H and O–H groups in total. The van der Waals surface area contributed by atoms with Crippen LogP contribution < -0.4 is 15.6 Å². The van der Waals surface area contributed by atoms with E-state index in [1.54, 1.807) is 17.6 Å². The number of anilines is 1. The van der Waals surface area contributed by atoms with Crippen LogP contribution in [0.25, 0.3) is 10.9 Å². The van der Waals surface area contributed by atoms with Crippen LogP contribution in [0.5, 0.6) is 0 Å². The van der Waals surface area contributed by atoms with Crippen molar-refractivity contribution >= 4 is 22.6 Å². The number of nitrogens with one attached hydrogen (secondary N) is 1. The molecule has 2 heterocycles. The fourth-order valence-electron chi connectivity index (χ4n) is 3.49. The van der Waals surface area contributed by atoms with Crippen LogP contribution in [-0.2, 0) is 6.54 Å². The van der Waals surface area contributed by atoms with Gasteiger partial charge >= 0.3 is 5.97 Å². The van der Waals surface area contributed by atoms with Crippen molar-refractivity contribution in [1.82, 2.24) is 9.88 Å². The third-order valence-electron chi connectivity index (χ3n) is 4.81. The number of aromatic nitrogens is 1. The highest BCUT2D eigenvalue weighted by molar-refractivity contribution is 5.95. The Morgan fingerprint density at radius 3 is 2.80 bits per heavy atom. The molecule has 0 amide bonds. The predicted octanol–water partition coefficient (Wildman–Crippen LogP) is 1.97. The first-order valence-electron chi connectivity index (χ1n) is 8.43. The number of pyridine rings is 1. The van der Waals surface area contributed by atoms with Crippen LogP contribution in [0.3, 0.4) is 0 Å². The molecule has 0 spiro atoms. The number of carboxylic acids is 1. The Balaban J connectivity index is 2.30. The molecule has 25 heavy (non-hydrogen) atoms. The Morgan fingerprint density at radius 1 is 1.48 bits per heavy atom. The van der Waals surface area contributed by atoms with E-state index >= 15 is 4.39 Å². The maximum absolute atomic E-state index is 15.0. The van der Waals surface area contributed by atoms with Crippen LogP contribution in [0.2, 0.25) is 0 Å². The Labute approximate surface area is 144 Å². The Hall–Kier alpha value is -2.41. The Morgan fingerprint density at radius 2 is 2.20 bits per heavy atom. The fourth-order valence-corrected chi connectivity index (χ4v) is 3.49. The van der Waals surface area contributed by atoms with Gasteiger partial charge in [-0.1, -0.05) is 0 Å². The van der Waals surface area contributed by atoms with Crippen LogP contribution in [0.4, 0.5) is 10.1 Å². The number of nitrogens with zero attached hydrogens (tertiary/aromatic N) is 2. The van der Waals surface area contributed by atoms with Gasteiger partial charge in [0, 0.05) is 44.0 Å². The van der Waals surface area contributed by atoms with E-state index in [9.17, 15) is 14.7 Å². The third kappa shape index (κ3) is 2.89. The van der Waals surface area contributed by atoms with Crippen LogP contribution in [0.15, 0.2) is 17.1 Å². The SMILES string of the molecule is CCn1cc(C(=O)O)c(=O)c2c(C)c(F)c(N3CCNC(C)C3)cc21. The molecule has 1 aliphatic heterocycles. The second kappa shape index (κ2) is 6.48. The van der Waals surface area contributed by atoms with Gasteiger partial charge in [-0.15, -0.1) is 0 Å². The largest absolute Gasteiger partial charge is 0.477 e. The van der Waals surface area contributed by atoms with Gasteiger partial charge in [0.25, 0.3) is 0 Å². The van der Waals surface area contributed by atoms with Crippen LogP contribution >= 0.6 is 0 Å². The van der Waals surface area contributed by atoms with E-state index in [0.717, 1.165) is 6.54 Å². The number of hydrogen-bond acceptors (Lipinski definition) is 4. The molecule has 6 nitrogen and oxygen atoms in total. The molecular formula is C18H22FN3O3. The lowest BCUT2D eigenvalue weighted by atomic mass is 10.0. The summed E-state index contributed by atoms with van der Waals surface area (Å²) in [4.78, 5) is 25.9. The molecule has 1 aliphatic rings. The van der Waals surface area contributed by atoms with Crippen molar-refractivity contribution in [3.05, 3.63) is 39.4 Å². The van der Waals surface area contributed by atoms with Crippen molar-refractivity contribution in [1.29, 1.82) is 0 Å². The minimum absolute atomic E-state index is 0.145. The average Bonchev–Trinajstić information content (AvgIpc) is 2.57. The number of piperazine rings is 1. The van der Waals surface area contributed by atoms with Gasteiger partial charge in [-0.3, -0.25) is 4.79 Å². The molecule has 0 aliphatic carbocycles. The smallest absolute Gasteiger partial charge is 0.341 e. The van der Waals surface area contributed by atoms with Crippen LogP contribution in [0.1, 0.15) is 29.8 Å². The molecule has 134 valence electrons. The quantitative estimate of drug-likeness (QED) is 0.888. The third-order valence-corrected chi connectivity index (χ3v) is 4.81. The van der Waals surface area contributed by atoms with Gasteiger partial charge in [0.15, 0.2) is 0 Å². The number of fused-ring (bicyclic) bond motifs is 1. The molecular weight excluding hydrogens is 325 g/mol. The van der Waals surface area contributed by atoms with Crippen molar-refractivity contribution in [2.75, 3.05) is 24.5 Å². The maximum atomic E-state index is 15.0. The summed E-state index contributed by atoms with van der Waals surface area (Å²) in [7, 11) is 0. The number of aromatic carboxylic acids is 1. The minimum atomic E-state index is -1.30. The number of benzene rings is 1. The summed E-state index contributed by atoms with van der Waals surface area (Å²) in [6.45, 7) is 8.04. The molecule has 0 bridgehead atoms. The Bertz CT molecular complexity index is 907. The van der Waals surface area contributed by atoms with Crippen LogP contribution in [0, 0.1) is 12.7 Å². The summed E-state index contributed by atoms with van der Waals surface area (Å²) in [6.07, 6.45) is 1.34. The summed E-state index contributed by atoms with van der Waals surface area (Å²) in [5.74, 6) is -1.75. The van der Waals surface area contributed by atoms with E-state index in [2.05, 4.69) is 5.32 Å². The van der Waals surface area contributed by atoms with Gasteiger partial charge in [0.1, 0.15) is 11.4 Å². The normalized spacial score (nSPS) is 17.9. The van der Waals surface area contributed by atoms with E-state index in [0.29, 0.717) is 30.8 Å². The zero-order valence-electron chi connectivity index (χ0n) is 14.6. The van der Waals surface area contributed by atoms with Crippen molar-refractivity contribution in [2.45, 2.75) is 33.4 Å². The topological polar surface area (TPSA) is 74.6 Å². The molecule has 1 atom stereocenters. The second-order valence-corrected chi connectivity index (χ2v) is 6.49. The lowest BCUT2D eigenvalue weighted by Gasteiger charge is -2.34. The Kier molecular flexibility index (Phi) is 4.51. The highest BCUT2D eigenvalue weighted by Crippen LogP contribution is 2.29. The molecule has 0 saturated carbocycles. The highest BCUT2D eigenvalue weighted by atomic mass is 19.1. The number of aryl methyl sites for hydroxylation is 2. The summed E-state index contributed by atoms with van der Waals surface area (Å²) < 4.78 is 16.7. The summed E-state index contributed by atoms with van der Waals surface area (Å²) >= 11 is 0. The molecule has 0 radical (unpaired) electrons. The van der Waals surface area contributed by atoms with Gasteiger partial charge in [0.2, 0.25) is 5.43 Å². The first-order chi connectivity index (χ1) is 11.8. The molecule has 1 fully saturated rings. The standard InChI is InChI=1S/C18H22FN3O3/c1-4-21-9-12(18(24)25)17(23)15-11(3)16(19)14(7-13(15)21)22-6-5-20-10(2)8-22/h7,9-10,20H,4-6,8H2,1-3H3,(H,24,25). The summed E-state index contributed by atoms with van der Waals surface area (Å²) in [5, 5.41) is 12.7. The minimum Gasteiger partial charge on any atom is -0.477 e. The molecule has 1 aromatic heterocycles. The first-order valence-corrected chi connectivity index (χ1v) is 8.43. The summed E-state index contributed by atoms with van der Waals surface area (Å²) in [6, 6.07) is 1.92. The lowest BCUT2D eigenvalue weighted by Crippen LogP contribution is -2.49. The number of hydrogen-bond donors (Lipinski definition) is 2. The lowest BCUT2D eigenvalue weighted by molar-refractivity contribution is 0.0695. The number of carbonyl (C=O) groups is 1. The van der Waals surface area contributed by atoms with Gasteiger partial charge in [-0.25, -0.2) is 9.18 Å². The van der Waals surface area contributed by atoms with Gasteiger partial charge in [-0.05, 0) is 26.8 Å². The van der Waals surface area contributed by atoms with Crippen molar-refractivity contribution in [3.8, 4) is 0 Å². The molecule has 1 aromatic carbocycles. The van der Waals surface area contributed by atoms with E-state index < -0.39 is 17.2 Å². The fraction of sp³-hybridized carbons (Fsp3) is 0.444. The zero-order chi connectivity index (χ0) is 18.3. The average molecular weight is 347 g/mol. The molecule has 2 aromatic rings. The molecule has 1 saturated heterocycles. The molecule has 1 unspecified atom stereocenters. The maximum Gasteiger partial charge on any atom is 0.341 e. The zero-order valence-corrected chi connectivity index (χ0v) is 14.6. The highest BCUT2D eigenvalue weighted by Gasteiger charge is 2.24. The van der Waals surface area contributed by atoms with Gasteiger partial charge in [0.05, 0.1) is 16.6 Å². The number of halogens is 1. The van der Waals surface area contributed by atoms with E-state index in [4.69, 9.17) is 0 Å². The van der Waals surface area contributed by atoms with Gasteiger partial charge in [-0.2, -0.15) is 0 Å². The number of rotatable bonds is 3. The van der Waals surface area contributed by atoms with E-state index in [-0.39, 0.29) is 22.6 Å². The van der Waals surface area contributed by atoms with Crippen molar-refractivity contribution < 1.29 is 14.3 Å². The van der Waals surface area contributed by atoms with Crippen molar-refractivity contribution in [2.24, 2.45) is 0 Å². The second-order valence-electron chi connectivity index (χ2n) is 6.49. The molecule has 3 rings (SSSR count). The number of carboxylic acid groups (broad SMARTS) is 1. The van der Waals surface area contributed by atoms with E-state index in [1.165, 1.54) is 6.20 Å². The summed E-state index contributed by atoms with van der Waals surface area (Å²) in [5.41, 5.74) is 0.263. The van der Waals surface area contributed by atoms with E-state index in [1.807, 2.05) is 18.7 Å². The van der Waals surface area contributed by atoms with Crippen molar-refractivity contribution in [3.63, 3.8) is 0 Å². The molecule has 7 heteroatoms.